The third-order valence-electron chi connectivity index (χ3n) is 11.9. The van der Waals surface area contributed by atoms with E-state index in [9.17, 15) is 5.11 Å². The number of fused-ring (bicyclic) bond motifs is 7. The molecule has 1 N–H and O–H groups in total. The summed E-state index contributed by atoms with van der Waals surface area (Å²) in [4.78, 5) is 0. The van der Waals surface area contributed by atoms with Gasteiger partial charge in [-0.15, -0.1) is 0 Å². The second-order valence-corrected chi connectivity index (χ2v) is 13.1. The highest BCUT2D eigenvalue weighted by Gasteiger charge is 2.69. The van der Waals surface area contributed by atoms with Crippen LogP contribution < -0.4 is 0 Å². The fraction of sp³-hybridized carbons (Fsp3) is 1.00. The molecule has 3 heteroatoms. The van der Waals surface area contributed by atoms with Crippen molar-refractivity contribution < 1.29 is 14.6 Å². The minimum absolute atomic E-state index is 0.0389. The van der Waals surface area contributed by atoms with Gasteiger partial charge in [0.15, 0.2) is 5.79 Å². The van der Waals surface area contributed by atoms with Gasteiger partial charge >= 0.3 is 0 Å². The van der Waals surface area contributed by atoms with Gasteiger partial charge in [-0.1, -0.05) is 27.7 Å². The molecule has 6 rings (SSSR count). The quantitative estimate of drug-likeness (QED) is 0.543. The molecule has 2 heterocycles. The minimum atomic E-state index is -0.282. The summed E-state index contributed by atoms with van der Waals surface area (Å²) in [6, 6.07) is 0. The van der Waals surface area contributed by atoms with E-state index in [1.165, 1.54) is 44.9 Å². The van der Waals surface area contributed by atoms with E-state index in [0.29, 0.717) is 34.7 Å². The molecule has 30 heavy (non-hydrogen) atoms. The Hall–Kier alpha value is -0.120. The Balaban J connectivity index is 1.26. The van der Waals surface area contributed by atoms with Crippen molar-refractivity contribution in [3.8, 4) is 0 Å². The van der Waals surface area contributed by atoms with E-state index < -0.39 is 0 Å². The molecule has 3 nitrogen and oxygen atoms in total. The molecule has 4 saturated carbocycles. The van der Waals surface area contributed by atoms with E-state index in [-0.39, 0.29) is 11.9 Å². The molecule has 2 aliphatic heterocycles. The summed E-state index contributed by atoms with van der Waals surface area (Å²) < 4.78 is 13.4. The fourth-order valence-corrected chi connectivity index (χ4v) is 10.3. The standard InChI is InChI=1S/C27H44O3/c1-16-7-12-27(29-15-16)17(2)24-23(30-27)14-22-20-6-5-18-13-19(28)8-10-25(18,3)21(20)9-11-26(22,24)4/h16-24,28H,5-15H2,1-4H3/t16-,17-,18+,19?,20?,21?,22-,23?,24?,25-,26-,27?/m0/s1. The lowest BCUT2D eigenvalue weighted by atomic mass is 9.44. The van der Waals surface area contributed by atoms with Crippen LogP contribution in [0.25, 0.3) is 0 Å². The molecule has 6 unspecified atom stereocenters. The number of hydrogen-bond donors (Lipinski definition) is 1. The molecule has 6 fully saturated rings. The predicted octanol–water partition coefficient (Wildman–Crippen LogP) is 5.79. The average Bonchev–Trinajstić information content (AvgIpc) is 3.16. The van der Waals surface area contributed by atoms with Crippen molar-refractivity contribution in [1.82, 2.24) is 0 Å². The number of hydrogen-bond acceptors (Lipinski definition) is 3. The number of ether oxygens (including phenoxy) is 2. The van der Waals surface area contributed by atoms with Crippen molar-refractivity contribution in [2.45, 2.75) is 110 Å². The van der Waals surface area contributed by atoms with Gasteiger partial charge < -0.3 is 14.6 Å². The summed E-state index contributed by atoms with van der Waals surface area (Å²) in [5, 5.41) is 10.3. The highest BCUT2D eigenvalue weighted by Crippen LogP contribution is 2.71. The molecule has 0 aromatic heterocycles. The fourth-order valence-electron chi connectivity index (χ4n) is 10.3. The Morgan fingerprint density at radius 3 is 2.40 bits per heavy atom. The Bertz CT molecular complexity index is 684. The molecule has 0 bridgehead atoms. The molecular weight excluding hydrogens is 372 g/mol. The highest BCUT2D eigenvalue weighted by atomic mass is 16.7. The maximum Gasteiger partial charge on any atom is 0.171 e. The summed E-state index contributed by atoms with van der Waals surface area (Å²) in [6.07, 6.45) is 12.9. The van der Waals surface area contributed by atoms with Crippen LogP contribution in [-0.4, -0.2) is 29.7 Å². The summed E-state index contributed by atoms with van der Waals surface area (Å²) >= 11 is 0. The number of aliphatic hydroxyl groups is 1. The van der Waals surface area contributed by atoms with Crippen LogP contribution in [0.5, 0.6) is 0 Å². The molecule has 12 atom stereocenters. The molecule has 0 aromatic rings. The monoisotopic (exact) mass is 416 g/mol. The normalized spacial score (nSPS) is 62.5. The van der Waals surface area contributed by atoms with E-state index in [4.69, 9.17) is 9.47 Å². The molecule has 0 aromatic carbocycles. The molecular formula is C27H44O3. The molecule has 2 saturated heterocycles. The van der Waals surface area contributed by atoms with Gasteiger partial charge in [-0.05, 0) is 104 Å². The van der Waals surface area contributed by atoms with Gasteiger partial charge in [0, 0.05) is 12.3 Å². The Morgan fingerprint density at radius 2 is 1.63 bits per heavy atom. The summed E-state index contributed by atoms with van der Waals surface area (Å²) in [5.74, 6) is 4.93. The van der Waals surface area contributed by atoms with Gasteiger partial charge in [0.05, 0.1) is 18.8 Å². The zero-order chi connectivity index (χ0) is 20.9. The van der Waals surface area contributed by atoms with E-state index in [0.717, 1.165) is 49.5 Å². The maximum absolute atomic E-state index is 10.3. The zero-order valence-corrected chi connectivity index (χ0v) is 19.7. The molecule has 4 aliphatic carbocycles. The molecule has 0 amide bonds. The van der Waals surface area contributed by atoms with Gasteiger partial charge in [0.1, 0.15) is 0 Å². The summed E-state index contributed by atoms with van der Waals surface area (Å²) in [7, 11) is 0. The SMILES string of the molecule is C[C@H]1CCC2(OC1)OC1C[C@H]3C4CC[C@@H]5CC(O)CC[C@]5(C)C4CC[C@]3(C)C1[C@@H]2C. The zero-order valence-electron chi connectivity index (χ0n) is 19.7. The lowest BCUT2D eigenvalue weighted by Gasteiger charge is -2.61. The van der Waals surface area contributed by atoms with Crippen molar-refractivity contribution in [2.24, 2.45) is 52.3 Å². The molecule has 0 radical (unpaired) electrons. The van der Waals surface area contributed by atoms with Crippen LogP contribution in [-0.2, 0) is 9.47 Å². The maximum atomic E-state index is 10.3. The van der Waals surface area contributed by atoms with Crippen LogP contribution in [0, 0.1) is 52.3 Å². The first-order valence-electron chi connectivity index (χ1n) is 13.3. The van der Waals surface area contributed by atoms with Crippen LogP contribution in [0.4, 0.5) is 0 Å². The first-order valence-corrected chi connectivity index (χ1v) is 13.3. The van der Waals surface area contributed by atoms with Gasteiger partial charge in [-0.3, -0.25) is 0 Å². The van der Waals surface area contributed by atoms with Crippen molar-refractivity contribution >= 4 is 0 Å². The van der Waals surface area contributed by atoms with Gasteiger partial charge in [-0.25, -0.2) is 0 Å². The third-order valence-corrected chi connectivity index (χ3v) is 11.9. The smallest absolute Gasteiger partial charge is 0.171 e. The van der Waals surface area contributed by atoms with Gasteiger partial charge in [0.25, 0.3) is 0 Å². The molecule has 1 spiro atoms. The Morgan fingerprint density at radius 1 is 0.833 bits per heavy atom. The van der Waals surface area contributed by atoms with E-state index >= 15 is 0 Å². The number of aliphatic hydroxyl groups excluding tert-OH is 1. The minimum Gasteiger partial charge on any atom is -0.393 e. The van der Waals surface area contributed by atoms with Crippen molar-refractivity contribution in [3.05, 3.63) is 0 Å². The lowest BCUT2D eigenvalue weighted by Crippen LogP contribution is -2.55. The first kappa shape index (κ1) is 20.5. The predicted molar refractivity (Wildman–Crippen MR) is 118 cm³/mol. The second kappa shape index (κ2) is 6.70. The largest absolute Gasteiger partial charge is 0.393 e. The van der Waals surface area contributed by atoms with Crippen molar-refractivity contribution in [2.75, 3.05) is 6.61 Å². The van der Waals surface area contributed by atoms with Crippen LogP contribution in [0.3, 0.4) is 0 Å². The molecule has 6 aliphatic rings. The summed E-state index contributed by atoms with van der Waals surface area (Å²) in [5.41, 5.74) is 0.899. The van der Waals surface area contributed by atoms with Crippen LogP contribution in [0.2, 0.25) is 0 Å². The Labute approximate surface area is 183 Å². The van der Waals surface area contributed by atoms with E-state index in [2.05, 4.69) is 27.7 Å². The topological polar surface area (TPSA) is 38.7 Å². The molecule has 170 valence electrons. The first-order chi connectivity index (χ1) is 14.3. The van der Waals surface area contributed by atoms with Gasteiger partial charge in [0.2, 0.25) is 0 Å². The number of rotatable bonds is 0. The van der Waals surface area contributed by atoms with E-state index in [1.807, 2.05) is 0 Å². The van der Waals surface area contributed by atoms with Crippen LogP contribution in [0.15, 0.2) is 0 Å². The van der Waals surface area contributed by atoms with Crippen molar-refractivity contribution in [1.29, 1.82) is 0 Å². The van der Waals surface area contributed by atoms with Crippen molar-refractivity contribution in [3.63, 3.8) is 0 Å². The van der Waals surface area contributed by atoms with Crippen LogP contribution in [0.1, 0.15) is 91.9 Å². The summed E-state index contributed by atoms with van der Waals surface area (Å²) in [6.45, 7) is 10.9. The van der Waals surface area contributed by atoms with Crippen LogP contribution >= 0.6 is 0 Å². The Kier molecular flexibility index (Phi) is 4.58. The third kappa shape index (κ3) is 2.61. The lowest BCUT2D eigenvalue weighted by molar-refractivity contribution is -0.273. The van der Waals surface area contributed by atoms with E-state index in [1.54, 1.807) is 0 Å². The average molecular weight is 417 g/mol. The van der Waals surface area contributed by atoms with Gasteiger partial charge in [-0.2, -0.15) is 0 Å². The highest BCUT2D eigenvalue weighted by molar-refractivity contribution is 5.15. The second-order valence-electron chi connectivity index (χ2n) is 13.1.